The first-order chi connectivity index (χ1) is 15.2. The van der Waals surface area contributed by atoms with Crippen molar-refractivity contribution >= 4 is 17.8 Å². The minimum Gasteiger partial charge on any atom is -0.339 e. The molecule has 2 heterocycles. The summed E-state index contributed by atoms with van der Waals surface area (Å²) in [5.41, 5.74) is 2.91. The Kier molecular flexibility index (Phi) is 4.16. The molecular formula is C26H33N3O3. The summed E-state index contributed by atoms with van der Waals surface area (Å²) in [6.45, 7) is 5.33. The Bertz CT molecular complexity index is 1020. The van der Waals surface area contributed by atoms with Crippen molar-refractivity contribution < 1.29 is 14.4 Å². The fourth-order valence-corrected chi connectivity index (χ4v) is 8.30. The van der Waals surface area contributed by atoms with Crippen LogP contribution in [0.15, 0.2) is 18.2 Å². The molecule has 6 heteroatoms. The molecule has 0 aromatic heterocycles. The second kappa shape index (κ2) is 6.58. The highest BCUT2D eigenvalue weighted by Crippen LogP contribution is 2.66. The number of rotatable bonds is 2. The summed E-state index contributed by atoms with van der Waals surface area (Å²) < 4.78 is 0. The molecule has 7 rings (SSSR count). The van der Waals surface area contributed by atoms with Crippen LogP contribution in [0.3, 0.4) is 0 Å². The van der Waals surface area contributed by atoms with Gasteiger partial charge in [0.05, 0.1) is 12.0 Å². The summed E-state index contributed by atoms with van der Waals surface area (Å²) >= 11 is 0. The third kappa shape index (κ3) is 2.80. The summed E-state index contributed by atoms with van der Waals surface area (Å²) in [5.74, 6) is 1.16. The number of nitrogens with one attached hydrogen (secondary N) is 2. The van der Waals surface area contributed by atoms with Crippen molar-refractivity contribution in [3.05, 3.63) is 34.9 Å². The SMILES string of the molecule is Cc1ccc(C23CC4CC(CC(C(=O)N5CCCC6(C5)NC(=O)NC6=O)(C4)C2)C3)cc1C. The lowest BCUT2D eigenvalue weighted by Crippen LogP contribution is -2.64. The van der Waals surface area contributed by atoms with Gasteiger partial charge in [-0.2, -0.15) is 0 Å². The van der Waals surface area contributed by atoms with Crippen LogP contribution in [0.5, 0.6) is 0 Å². The molecule has 2 N–H and O–H groups in total. The number of urea groups is 1. The summed E-state index contributed by atoms with van der Waals surface area (Å²) in [4.78, 5) is 40.4. The molecule has 6 nitrogen and oxygen atoms in total. The van der Waals surface area contributed by atoms with Gasteiger partial charge in [0.15, 0.2) is 0 Å². The van der Waals surface area contributed by atoms with Gasteiger partial charge in [0.25, 0.3) is 5.91 Å². The van der Waals surface area contributed by atoms with Gasteiger partial charge in [0.1, 0.15) is 5.54 Å². The zero-order valence-electron chi connectivity index (χ0n) is 19.1. The van der Waals surface area contributed by atoms with Crippen LogP contribution in [-0.2, 0) is 15.0 Å². The van der Waals surface area contributed by atoms with Crippen molar-refractivity contribution in [3.8, 4) is 0 Å². The van der Waals surface area contributed by atoms with Crippen LogP contribution < -0.4 is 10.6 Å². The van der Waals surface area contributed by atoms with E-state index in [1.807, 2.05) is 4.90 Å². The number of carbonyl (C=O) groups is 3. The van der Waals surface area contributed by atoms with E-state index in [9.17, 15) is 14.4 Å². The molecule has 4 bridgehead atoms. The van der Waals surface area contributed by atoms with Gasteiger partial charge < -0.3 is 10.2 Å². The topological polar surface area (TPSA) is 78.5 Å². The van der Waals surface area contributed by atoms with E-state index in [-0.39, 0.29) is 22.6 Å². The molecule has 1 aromatic rings. The quantitative estimate of drug-likeness (QED) is 0.700. The Morgan fingerprint density at radius 3 is 2.47 bits per heavy atom. The van der Waals surface area contributed by atoms with E-state index in [1.54, 1.807) is 0 Å². The summed E-state index contributed by atoms with van der Waals surface area (Å²) in [6.07, 6.45) is 7.88. The average molecular weight is 436 g/mol. The lowest BCUT2D eigenvalue weighted by molar-refractivity contribution is -0.163. The zero-order chi connectivity index (χ0) is 22.3. The minimum atomic E-state index is -0.945. The highest BCUT2D eigenvalue weighted by Gasteiger charge is 2.62. The van der Waals surface area contributed by atoms with Gasteiger partial charge in [-0.1, -0.05) is 18.2 Å². The molecular weight excluding hydrogens is 402 g/mol. The van der Waals surface area contributed by atoms with Gasteiger partial charge in [-0.05, 0) is 99.2 Å². The highest BCUT2D eigenvalue weighted by atomic mass is 16.2. The van der Waals surface area contributed by atoms with E-state index < -0.39 is 11.6 Å². The number of benzene rings is 1. The molecule has 3 unspecified atom stereocenters. The van der Waals surface area contributed by atoms with Gasteiger partial charge in [0.2, 0.25) is 5.91 Å². The van der Waals surface area contributed by atoms with Gasteiger partial charge in [0, 0.05) is 6.54 Å². The fraction of sp³-hybridized carbons (Fsp3) is 0.654. The van der Waals surface area contributed by atoms with E-state index in [2.05, 4.69) is 42.7 Å². The third-order valence-electron chi connectivity index (χ3n) is 9.43. The van der Waals surface area contributed by atoms with E-state index in [0.29, 0.717) is 31.3 Å². The number of carbonyl (C=O) groups excluding carboxylic acids is 3. The van der Waals surface area contributed by atoms with Crippen molar-refractivity contribution in [2.45, 2.75) is 76.2 Å². The summed E-state index contributed by atoms with van der Waals surface area (Å²) in [7, 11) is 0. The minimum absolute atomic E-state index is 0.102. The Balaban J connectivity index is 1.32. The molecule has 1 aromatic carbocycles. The second-order valence-corrected chi connectivity index (χ2v) is 11.6. The number of hydrogen-bond acceptors (Lipinski definition) is 3. The summed E-state index contributed by atoms with van der Waals surface area (Å²) in [6, 6.07) is 6.48. The first-order valence-electron chi connectivity index (χ1n) is 12.2. The molecule has 4 aliphatic carbocycles. The van der Waals surface area contributed by atoms with Crippen molar-refractivity contribution in [1.82, 2.24) is 15.5 Å². The Morgan fingerprint density at radius 1 is 1.06 bits per heavy atom. The third-order valence-corrected chi connectivity index (χ3v) is 9.43. The van der Waals surface area contributed by atoms with E-state index in [1.165, 1.54) is 36.0 Å². The molecule has 2 saturated heterocycles. The van der Waals surface area contributed by atoms with Crippen molar-refractivity contribution in [1.29, 1.82) is 0 Å². The van der Waals surface area contributed by atoms with Crippen LogP contribution in [0.25, 0.3) is 0 Å². The van der Waals surface area contributed by atoms with Gasteiger partial charge in [-0.15, -0.1) is 0 Å². The average Bonchev–Trinajstić information content (AvgIpc) is 3.00. The Hall–Kier alpha value is -2.37. The predicted molar refractivity (Wildman–Crippen MR) is 120 cm³/mol. The molecule has 1 spiro atoms. The van der Waals surface area contributed by atoms with Crippen molar-refractivity contribution in [2.24, 2.45) is 17.3 Å². The van der Waals surface area contributed by atoms with Crippen molar-refractivity contribution in [3.63, 3.8) is 0 Å². The molecule has 4 saturated carbocycles. The molecule has 6 aliphatic rings. The largest absolute Gasteiger partial charge is 0.339 e. The van der Waals surface area contributed by atoms with E-state index in [0.717, 1.165) is 25.7 Å². The highest BCUT2D eigenvalue weighted by molar-refractivity contribution is 6.07. The maximum absolute atomic E-state index is 14.2. The van der Waals surface area contributed by atoms with Crippen LogP contribution in [0.4, 0.5) is 4.79 Å². The van der Waals surface area contributed by atoms with Gasteiger partial charge >= 0.3 is 6.03 Å². The lowest BCUT2D eigenvalue weighted by atomic mass is 9.42. The maximum atomic E-state index is 14.2. The van der Waals surface area contributed by atoms with Crippen LogP contribution in [0.1, 0.15) is 68.1 Å². The van der Waals surface area contributed by atoms with E-state index >= 15 is 0 Å². The molecule has 4 amide bonds. The first kappa shape index (κ1) is 20.3. The molecule has 6 fully saturated rings. The number of piperidine rings is 1. The van der Waals surface area contributed by atoms with Crippen LogP contribution in [-0.4, -0.2) is 41.4 Å². The smallest absolute Gasteiger partial charge is 0.322 e. The number of imide groups is 1. The fourth-order valence-electron chi connectivity index (χ4n) is 8.30. The monoisotopic (exact) mass is 435 g/mol. The van der Waals surface area contributed by atoms with Gasteiger partial charge in [-0.3, -0.25) is 14.9 Å². The predicted octanol–water partition coefficient (Wildman–Crippen LogP) is 3.34. The Labute approximate surface area is 189 Å². The Morgan fingerprint density at radius 2 is 1.81 bits per heavy atom. The first-order valence-corrected chi connectivity index (χ1v) is 12.2. The lowest BCUT2D eigenvalue weighted by Gasteiger charge is -2.62. The van der Waals surface area contributed by atoms with Crippen LogP contribution in [0.2, 0.25) is 0 Å². The molecule has 0 radical (unpaired) electrons. The normalized spacial score (nSPS) is 40.0. The number of hydrogen-bond donors (Lipinski definition) is 2. The second-order valence-electron chi connectivity index (χ2n) is 11.6. The molecule has 170 valence electrons. The van der Waals surface area contributed by atoms with Crippen molar-refractivity contribution in [2.75, 3.05) is 13.1 Å². The number of nitrogens with zero attached hydrogens (tertiary/aromatic N) is 1. The van der Waals surface area contributed by atoms with Gasteiger partial charge in [-0.25, -0.2) is 4.79 Å². The summed E-state index contributed by atoms with van der Waals surface area (Å²) in [5, 5.41) is 5.21. The van der Waals surface area contributed by atoms with Crippen LogP contribution in [0, 0.1) is 31.1 Å². The van der Waals surface area contributed by atoms with E-state index in [4.69, 9.17) is 0 Å². The zero-order valence-corrected chi connectivity index (χ0v) is 19.1. The maximum Gasteiger partial charge on any atom is 0.322 e. The molecule has 3 atom stereocenters. The molecule has 32 heavy (non-hydrogen) atoms. The molecule has 2 aliphatic heterocycles. The standard InChI is InChI=1S/C26H33N3O3/c1-16-4-5-20(8-17(16)2)24-10-18-9-19(11-24)13-25(12-18,14-24)22(31)29-7-3-6-26(15-29)21(30)27-23(32)28-26/h4-5,8,18-19H,3,6-7,9-15H2,1-2H3,(H2,27,28,30,32). The number of likely N-dealkylation sites (tertiary alicyclic amines) is 1. The number of amides is 4. The van der Waals surface area contributed by atoms with Crippen LogP contribution >= 0.6 is 0 Å². The number of aryl methyl sites for hydroxylation is 2.